The number of likely N-dealkylation sites (tertiary alicyclic amines) is 1. The Balaban J connectivity index is 2.01. The summed E-state index contributed by atoms with van der Waals surface area (Å²) in [5.74, 6) is 2.68. The third-order valence-electron chi connectivity index (χ3n) is 4.23. The van der Waals surface area contributed by atoms with Crippen LogP contribution >= 0.6 is 11.6 Å². The van der Waals surface area contributed by atoms with E-state index in [1.807, 2.05) is 19.1 Å². The van der Waals surface area contributed by atoms with Gasteiger partial charge in [-0.25, -0.2) is 0 Å². The fourth-order valence-corrected chi connectivity index (χ4v) is 3.36. The molecular formula is C18H28ClN3O3. The molecule has 1 fully saturated rings. The number of rotatable bonds is 7. The maximum atomic E-state index is 6.33. The molecule has 1 aliphatic heterocycles. The third kappa shape index (κ3) is 5.16. The number of guanidine groups is 1. The van der Waals surface area contributed by atoms with Gasteiger partial charge in [-0.15, -0.1) is 0 Å². The van der Waals surface area contributed by atoms with E-state index in [0.29, 0.717) is 35.6 Å². The lowest BCUT2D eigenvalue weighted by molar-refractivity contribution is 0.157. The van der Waals surface area contributed by atoms with Crippen molar-refractivity contribution in [2.45, 2.75) is 19.9 Å². The Kier molecular flexibility index (Phi) is 7.65. The number of aliphatic imine (C=N–C) groups is 1. The predicted octanol–water partition coefficient (Wildman–Crippen LogP) is 2.79. The van der Waals surface area contributed by atoms with Gasteiger partial charge in [-0.05, 0) is 31.0 Å². The molecule has 0 saturated carbocycles. The number of nitrogens with zero attached hydrogens (tertiary/aromatic N) is 2. The van der Waals surface area contributed by atoms with Crippen LogP contribution in [0.25, 0.3) is 0 Å². The molecule has 1 aromatic rings. The molecule has 140 valence electrons. The topological polar surface area (TPSA) is 55.3 Å². The van der Waals surface area contributed by atoms with E-state index in [-0.39, 0.29) is 0 Å². The highest BCUT2D eigenvalue weighted by Crippen LogP contribution is 2.36. The molecular weight excluding hydrogens is 342 g/mol. The summed E-state index contributed by atoms with van der Waals surface area (Å²) in [6.07, 6.45) is 1.12. The summed E-state index contributed by atoms with van der Waals surface area (Å²) in [4.78, 5) is 6.65. The molecule has 1 aliphatic rings. The zero-order chi connectivity index (χ0) is 18.2. The van der Waals surface area contributed by atoms with Crippen molar-refractivity contribution in [2.24, 2.45) is 10.9 Å². The number of benzene rings is 1. The monoisotopic (exact) mass is 369 g/mol. The van der Waals surface area contributed by atoms with Crippen molar-refractivity contribution in [1.82, 2.24) is 10.2 Å². The molecule has 0 aliphatic carbocycles. The van der Waals surface area contributed by atoms with E-state index in [1.165, 1.54) is 0 Å². The van der Waals surface area contributed by atoms with Crippen LogP contribution in [-0.2, 0) is 11.3 Å². The Morgan fingerprint density at radius 3 is 2.84 bits per heavy atom. The van der Waals surface area contributed by atoms with E-state index in [4.69, 9.17) is 25.8 Å². The van der Waals surface area contributed by atoms with Crippen LogP contribution < -0.4 is 14.8 Å². The first-order valence-corrected chi connectivity index (χ1v) is 8.94. The fourth-order valence-electron chi connectivity index (χ4n) is 3.07. The van der Waals surface area contributed by atoms with Gasteiger partial charge in [0.25, 0.3) is 0 Å². The zero-order valence-electron chi connectivity index (χ0n) is 15.5. The van der Waals surface area contributed by atoms with Crippen molar-refractivity contribution in [1.29, 1.82) is 0 Å². The van der Waals surface area contributed by atoms with Crippen molar-refractivity contribution in [3.8, 4) is 11.5 Å². The first kappa shape index (κ1) is 19.7. The van der Waals surface area contributed by atoms with Crippen molar-refractivity contribution < 1.29 is 14.2 Å². The summed E-state index contributed by atoms with van der Waals surface area (Å²) in [7, 11) is 5.17. The van der Waals surface area contributed by atoms with Crippen molar-refractivity contribution in [3.05, 3.63) is 22.7 Å². The average Bonchev–Trinajstić information content (AvgIpc) is 3.06. The lowest BCUT2D eigenvalue weighted by atomic mass is 10.1. The van der Waals surface area contributed by atoms with Crippen LogP contribution in [-0.4, -0.2) is 58.4 Å². The van der Waals surface area contributed by atoms with E-state index < -0.39 is 0 Å². The molecule has 1 saturated heterocycles. The van der Waals surface area contributed by atoms with Gasteiger partial charge in [0, 0.05) is 39.7 Å². The maximum Gasteiger partial charge on any atom is 0.193 e. The zero-order valence-corrected chi connectivity index (χ0v) is 16.2. The SMILES string of the molecule is CCOc1c(Cl)cc(CNC(=NC)N2CCC(COC)C2)cc1OC. The highest BCUT2D eigenvalue weighted by atomic mass is 35.5. The van der Waals surface area contributed by atoms with Gasteiger partial charge in [-0.3, -0.25) is 4.99 Å². The second-order valence-corrected chi connectivity index (χ2v) is 6.41. The Hall–Kier alpha value is -1.66. The maximum absolute atomic E-state index is 6.33. The van der Waals surface area contributed by atoms with Gasteiger partial charge in [0.15, 0.2) is 17.5 Å². The minimum atomic E-state index is 0.540. The molecule has 2 rings (SSSR count). The number of nitrogens with one attached hydrogen (secondary N) is 1. The second-order valence-electron chi connectivity index (χ2n) is 6.00. The summed E-state index contributed by atoms with van der Waals surface area (Å²) in [5, 5.41) is 3.95. The highest BCUT2D eigenvalue weighted by Gasteiger charge is 2.24. The molecule has 0 radical (unpaired) electrons. The van der Waals surface area contributed by atoms with E-state index in [1.54, 1.807) is 21.3 Å². The third-order valence-corrected chi connectivity index (χ3v) is 4.51. The predicted molar refractivity (Wildman–Crippen MR) is 101 cm³/mol. The van der Waals surface area contributed by atoms with Crippen molar-refractivity contribution in [2.75, 3.05) is 47.6 Å². The van der Waals surface area contributed by atoms with Crippen LogP contribution in [0.15, 0.2) is 17.1 Å². The molecule has 0 aromatic heterocycles. The van der Waals surface area contributed by atoms with Gasteiger partial charge >= 0.3 is 0 Å². The molecule has 1 aromatic carbocycles. The normalized spacial score (nSPS) is 17.7. The van der Waals surface area contributed by atoms with Gasteiger partial charge in [-0.2, -0.15) is 0 Å². The summed E-state index contributed by atoms with van der Waals surface area (Å²) in [5.41, 5.74) is 1.01. The lowest BCUT2D eigenvalue weighted by Crippen LogP contribution is -2.39. The molecule has 0 amide bonds. The quantitative estimate of drug-likeness (QED) is 0.591. The summed E-state index contributed by atoms with van der Waals surface area (Å²) >= 11 is 6.33. The van der Waals surface area contributed by atoms with Crippen LogP contribution in [0, 0.1) is 5.92 Å². The second kappa shape index (κ2) is 9.73. The molecule has 1 heterocycles. The van der Waals surface area contributed by atoms with Gasteiger partial charge in [0.2, 0.25) is 0 Å². The molecule has 7 heteroatoms. The molecule has 1 unspecified atom stereocenters. The van der Waals surface area contributed by atoms with Crippen molar-refractivity contribution >= 4 is 17.6 Å². The summed E-state index contributed by atoms with van der Waals surface area (Å²) in [6.45, 7) is 5.81. The van der Waals surface area contributed by atoms with Gasteiger partial charge < -0.3 is 24.4 Å². The Labute approximate surface area is 155 Å². The summed E-state index contributed by atoms with van der Waals surface area (Å²) in [6, 6.07) is 3.84. The Morgan fingerprint density at radius 1 is 1.40 bits per heavy atom. The first-order valence-electron chi connectivity index (χ1n) is 8.56. The molecule has 25 heavy (non-hydrogen) atoms. The van der Waals surface area contributed by atoms with E-state index >= 15 is 0 Å². The smallest absolute Gasteiger partial charge is 0.193 e. The van der Waals surface area contributed by atoms with Crippen LogP contribution in [0.4, 0.5) is 0 Å². The standard InChI is InChI=1S/C18H28ClN3O3/c1-5-25-17-15(19)8-14(9-16(17)24-4)10-21-18(20-2)22-7-6-13(11-22)12-23-3/h8-9,13H,5-7,10-12H2,1-4H3,(H,20,21). The van der Waals surface area contributed by atoms with Gasteiger partial charge in [0.05, 0.1) is 25.3 Å². The number of methoxy groups -OCH3 is 2. The van der Waals surface area contributed by atoms with E-state index in [2.05, 4.69) is 15.2 Å². The number of ether oxygens (including phenoxy) is 3. The molecule has 0 bridgehead atoms. The highest BCUT2D eigenvalue weighted by molar-refractivity contribution is 6.32. The Morgan fingerprint density at radius 2 is 2.20 bits per heavy atom. The Bertz CT molecular complexity index is 595. The largest absolute Gasteiger partial charge is 0.493 e. The van der Waals surface area contributed by atoms with E-state index in [0.717, 1.165) is 37.6 Å². The van der Waals surface area contributed by atoms with Gasteiger partial charge in [-0.1, -0.05) is 11.6 Å². The number of hydrogen-bond acceptors (Lipinski definition) is 4. The minimum Gasteiger partial charge on any atom is -0.493 e. The van der Waals surface area contributed by atoms with E-state index in [9.17, 15) is 0 Å². The van der Waals surface area contributed by atoms with Gasteiger partial charge in [0.1, 0.15) is 0 Å². The molecule has 1 N–H and O–H groups in total. The fraction of sp³-hybridized carbons (Fsp3) is 0.611. The van der Waals surface area contributed by atoms with Crippen LogP contribution in [0.3, 0.4) is 0 Å². The van der Waals surface area contributed by atoms with Crippen LogP contribution in [0.2, 0.25) is 5.02 Å². The average molecular weight is 370 g/mol. The van der Waals surface area contributed by atoms with Crippen molar-refractivity contribution in [3.63, 3.8) is 0 Å². The first-order chi connectivity index (χ1) is 12.1. The molecule has 1 atom stereocenters. The minimum absolute atomic E-state index is 0.540. The number of hydrogen-bond donors (Lipinski definition) is 1. The van der Waals surface area contributed by atoms with Crippen LogP contribution in [0.5, 0.6) is 11.5 Å². The summed E-state index contributed by atoms with van der Waals surface area (Å²) < 4.78 is 16.2. The number of halogens is 1. The molecule has 0 spiro atoms. The lowest BCUT2D eigenvalue weighted by Gasteiger charge is -2.22. The van der Waals surface area contributed by atoms with Crippen LogP contribution in [0.1, 0.15) is 18.9 Å². The molecule has 6 nitrogen and oxygen atoms in total.